The molecule has 184 valence electrons. The molecule has 1 aromatic heterocycles. The summed E-state index contributed by atoms with van der Waals surface area (Å²) in [7, 11) is -4.18. The third-order valence-corrected chi connectivity index (χ3v) is 8.51. The molecule has 1 aliphatic rings. The van der Waals surface area contributed by atoms with E-state index in [0.29, 0.717) is 16.4 Å². The summed E-state index contributed by atoms with van der Waals surface area (Å²) in [5.74, 6) is -0.940. The van der Waals surface area contributed by atoms with Gasteiger partial charge in [-0.2, -0.15) is 8.42 Å². The van der Waals surface area contributed by atoms with Crippen molar-refractivity contribution in [3.8, 4) is 0 Å². The molecule has 35 heavy (non-hydrogen) atoms. The molecule has 0 atom stereocenters. The van der Waals surface area contributed by atoms with Crippen LogP contribution in [0, 0.1) is 0 Å². The van der Waals surface area contributed by atoms with E-state index in [0.717, 1.165) is 32.1 Å². The van der Waals surface area contributed by atoms with Crippen molar-refractivity contribution >= 4 is 67.2 Å². The molecule has 0 bridgehead atoms. The lowest BCUT2D eigenvalue weighted by Gasteiger charge is -2.23. The maximum atomic E-state index is 12.9. The minimum absolute atomic E-state index is 0.0373. The van der Waals surface area contributed by atoms with Gasteiger partial charge in [-0.1, -0.05) is 65.9 Å². The van der Waals surface area contributed by atoms with Gasteiger partial charge in [-0.05, 0) is 43.2 Å². The number of benzene rings is 2. The molecule has 1 fully saturated rings. The van der Waals surface area contributed by atoms with Crippen molar-refractivity contribution in [1.82, 2.24) is 15.5 Å². The Morgan fingerprint density at radius 3 is 2.43 bits per heavy atom. The second-order valence-electron chi connectivity index (χ2n) is 7.91. The van der Waals surface area contributed by atoms with Gasteiger partial charge in [0.2, 0.25) is 5.13 Å². The number of hydrogen-bond acceptors (Lipinski definition) is 7. The Balaban J connectivity index is 1.47. The Labute approximate surface area is 216 Å². The van der Waals surface area contributed by atoms with Gasteiger partial charge in [0.15, 0.2) is 0 Å². The van der Waals surface area contributed by atoms with Crippen molar-refractivity contribution in [3.05, 3.63) is 63.6 Å². The van der Waals surface area contributed by atoms with Crippen molar-refractivity contribution in [2.75, 3.05) is 10.0 Å². The first-order valence-electron chi connectivity index (χ1n) is 10.8. The van der Waals surface area contributed by atoms with Crippen LogP contribution in [0.3, 0.4) is 0 Å². The van der Waals surface area contributed by atoms with Crippen molar-refractivity contribution in [2.24, 2.45) is 0 Å². The van der Waals surface area contributed by atoms with Crippen LogP contribution in [0.5, 0.6) is 0 Å². The topological polar surface area (TPSA) is 130 Å². The molecule has 2 amide bonds. The molecule has 0 unspecified atom stereocenters. The van der Waals surface area contributed by atoms with E-state index >= 15 is 0 Å². The van der Waals surface area contributed by atoms with Crippen LogP contribution < -0.4 is 15.4 Å². The third kappa shape index (κ3) is 6.29. The molecule has 13 heteroatoms. The summed E-state index contributed by atoms with van der Waals surface area (Å²) >= 11 is 12.5. The highest BCUT2D eigenvalue weighted by molar-refractivity contribution is 7.94. The average molecular weight is 554 g/mol. The monoisotopic (exact) mass is 553 g/mol. The molecule has 2 aromatic carbocycles. The van der Waals surface area contributed by atoms with Crippen molar-refractivity contribution in [1.29, 1.82) is 0 Å². The van der Waals surface area contributed by atoms with Crippen LogP contribution in [0.2, 0.25) is 10.0 Å². The first-order valence-corrected chi connectivity index (χ1v) is 13.8. The molecule has 0 spiro atoms. The number of hydrogen-bond donors (Lipinski definition) is 3. The smallest absolute Gasteiger partial charge is 0.291 e. The van der Waals surface area contributed by atoms with Crippen molar-refractivity contribution in [2.45, 2.75) is 42.5 Å². The van der Waals surface area contributed by atoms with E-state index in [9.17, 15) is 18.0 Å². The van der Waals surface area contributed by atoms with E-state index in [1.165, 1.54) is 24.3 Å². The summed E-state index contributed by atoms with van der Waals surface area (Å²) < 4.78 is 27.9. The van der Waals surface area contributed by atoms with Gasteiger partial charge in [0.1, 0.15) is 0 Å². The van der Waals surface area contributed by atoms with E-state index in [1.807, 2.05) is 0 Å². The predicted octanol–water partition coefficient (Wildman–Crippen LogP) is 4.96. The van der Waals surface area contributed by atoms with Crippen molar-refractivity contribution in [3.63, 3.8) is 0 Å². The van der Waals surface area contributed by atoms with E-state index in [-0.39, 0.29) is 43.3 Å². The summed E-state index contributed by atoms with van der Waals surface area (Å²) in [5.41, 5.74) is 0.471. The van der Waals surface area contributed by atoms with Crippen molar-refractivity contribution < 1.29 is 18.0 Å². The van der Waals surface area contributed by atoms with Crippen LogP contribution in [-0.2, 0) is 10.0 Å². The number of amides is 2. The standard InChI is InChI=1S/C22H21Cl2N5O4S2/c23-13-10-11-15(17(24)12-13)19(30)26-21-27-28-22(34-21)35(32,33)29-18-9-5-4-8-16(18)20(31)25-14-6-2-1-3-7-14/h4-5,8-12,14,29H,1-3,6-7H2,(H,25,31)(H,26,27,30). The molecule has 3 aromatic rings. The summed E-state index contributed by atoms with van der Waals surface area (Å²) in [4.78, 5) is 25.3. The van der Waals surface area contributed by atoms with E-state index in [4.69, 9.17) is 23.2 Å². The number of carbonyl (C=O) groups excluding carboxylic acids is 2. The highest BCUT2D eigenvalue weighted by atomic mass is 35.5. The summed E-state index contributed by atoms with van der Waals surface area (Å²) in [5, 5.41) is 13.4. The zero-order valence-electron chi connectivity index (χ0n) is 18.3. The fourth-order valence-corrected chi connectivity index (χ4v) is 6.15. The second kappa shape index (κ2) is 10.9. The molecular formula is C22H21Cl2N5O4S2. The molecule has 9 nitrogen and oxygen atoms in total. The highest BCUT2D eigenvalue weighted by Gasteiger charge is 2.25. The molecule has 1 aliphatic carbocycles. The van der Waals surface area contributed by atoms with Crippen LogP contribution in [0.15, 0.2) is 46.8 Å². The zero-order chi connectivity index (χ0) is 25.0. The first-order chi connectivity index (χ1) is 16.7. The normalized spacial score (nSPS) is 14.3. The Morgan fingerprint density at radius 1 is 0.943 bits per heavy atom. The molecule has 0 saturated heterocycles. The number of carbonyl (C=O) groups is 2. The molecule has 3 N–H and O–H groups in total. The van der Waals surface area contributed by atoms with Crippen LogP contribution in [0.1, 0.15) is 52.8 Å². The largest absolute Gasteiger partial charge is 0.349 e. The van der Waals surface area contributed by atoms with Crippen LogP contribution in [0.4, 0.5) is 10.8 Å². The van der Waals surface area contributed by atoms with E-state index in [1.54, 1.807) is 18.2 Å². The van der Waals surface area contributed by atoms with E-state index < -0.39 is 15.9 Å². The number of sulfonamides is 1. The van der Waals surface area contributed by atoms with E-state index in [2.05, 4.69) is 25.6 Å². The first kappa shape index (κ1) is 25.4. The fourth-order valence-electron chi connectivity index (χ4n) is 3.68. The highest BCUT2D eigenvalue weighted by Crippen LogP contribution is 2.27. The summed E-state index contributed by atoms with van der Waals surface area (Å²) in [6, 6.07) is 10.8. The van der Waals surface area contributed by atoms with Crippen LogP contribution >= 0.6 is 34.5 Å². The molecule has 1 heterocycles. The molecule has 1 saturated carbocycles. The lowest BCUT2D eigenvalue weighted by atomic mass is 9.95. The Morgan fingerprint density at radius 2 is 1.69 bits per heavy atom. The van der Waals surface area contributed by atoms with Gasteiger partial charge in [0.25, 0.3) is 26.2 Å². The maximum absolute atomic E-state index is 12.9. The predicted molar refractivity (Wildman–Crippen MR) is 136 cm³/mol. The quantitative estimate of drug-likeness (QED) is 0.354. The average Bonchev–Trinajstić information content (AvgIpc) is 3.29. The Kier molecular flexibility index (Phi) is 7.90. The number of nitrogens with one attached hydrogen (secondary N) is 3. The minimum Gasteiger partial charge on any atom is -0.349 e. The number of anilines is 2. The van der Waals surface area contributed by atoms with Gasteiger partial charge in [0.05, 0.1) is 21.8 Å². The molecule has 0 radical (unpaired) electrons. The fraction of sp³-hybridized carbons (Fsp3) is 0.273. The van der Waals surface area contributed by atoms with Gasteiger partial charge in [-0.3, -0.25) is 19.6 Å². The lowest BCUT2D eigenvalue weighted by Crippen LogP contribution is -2.36. The number of rotatable bonds is 7. The van der Waals surface area contributed by atoms with Crippen LogP contribution in [0.25, 0.3) is 0 Å². The zero-order valence-corrected chi connectivity index (χ0v) is 21.4. The second-order valence-corrected chi connectivity index (χ2v) is 11.6. The van der Waals surface area contributed by atoms with Gasteiger partial charge in [-0.25, -0.2) is 0 Å². The molecule has 0 aliphatic heterocycles. The van der Waals surface area contributed by atoms with Gasteiger partial charge in [0, 0.05) is 11.1 Å². The van der Waals surface area contributed by atoms with Gasteiger partial charge < -0.3 is 5.32 Å². The van der Waals surface area contributed by atoms with Crippen LogP contribution in [-0.4, -0.2) is 36.5 Å². The summed E-state index contributed by atoms with van der Waals surface area (Å²) in [6.45, 7) is 0. The Bertz CT molecular complexity index is 1360. The summed E-state index contributed by atoms with van der Waals surface area (Å²) in [6.07, 6.45) is 5.07. The number of para-hydroxylation sites is 1. The maximum Gasteiger partial charge on any atom is 0.291 e. The Hall–Kier alpha value is -2.73. The molecule has 4 rings (SSSR count). The number of nitrogens with zero attached hydrogens (tertiary/aromatic N) is 2. The van der Waals surface area contributed by atoms with Gasteiger partial charge >= 0.3 is 0 Å². The SMILES string of the molecule is O=C(Nc1nnc(S(=O)(=O)Nc2ccccc2C(=O)NC2CCCCC2)s1)c1ccc(Cl)cc1Cl. The minimum atomic E-state index is -4.18. The van der Waals surface area contributed by atoms with Gasteiger partial charge in [-0.15, -0.1) is 10.2 Å². The number of halogens is 2. The number of aromatic nitrogens is 2. The lowest BCUT2D eigenvalue weighted by molar-refractivity contribution is 0.0928. The molecular weight excluding hydrogens is 533 g/mol. The third-order valence-electron chi connectivity index (χ3n) is 5.39.